The predicted octanol–water partition coefficient (Wildman–Crippen LogP) is 5.42. The van der Waals surface area contributed by atoms with E-state index in [2.05, 4.69) is 43.3 Å². The van der Waals surface area contributed by atoms with Crippen LogP contribution in [0, 0.1) is 15.4 Å². The maximum Gasteiger partial charge on any atom is 0.410 e. The molecule has 2 aromatic rings. The number of carbonyl (C=O) groups excluding carboxylic acids is 1. The summed E-state index contributed by atoms with van der Waals surface area (Å²) in [6.45, 7) is 11.1. The van der Waals surface area contributed by atoms with Crippen molar-refractivity contribution in [3.8, 4) is 0 Å². The molecular weight excluding hydrogens is 571 g/mol. The van der Waals surface area contributed by atoms with E-state index >= 15 is 0 Å². The maximum absolute atomic E-state index is 12.8. The lowest BCUT2D eigenvalue weighted by Gasteiger charge is -2.38. The molecule has 4 heterocycles. The first-order valence-corrected chi connectivity index (χ1v) is 13.4. The third kappa shape index (κ3) is 4.65. The van der Waals surface area contributed by atoms with Crippen molar-refractivity contribution in [2.45, 2.75) is 83.5 Å². The van der Waals surface area contributed by atoms with Crippen LogP contribution < -0.4 is 0 Å². The fourth-order valence-electron chi connectivity index (χ4n) is 5.80. The van der Waals surface area contributed by atoms with Gasteiger partial charge in [0.1, 0.15) is 17.4 Å². The van der Waals surface area contributed by atoms with Crippen molar-refractivity contribution in [2.75, 3.05) is 13.1 Å². The van der Waals surface area contributed by atoms with Crippen molar-refractivity contribution in [3.63, 3.8) is 0 Å². The fourth-order valence-corrected chi connectivity index (χ4v) is 6.61. The highest BCUT2D eigenvalue weighted by atomic mass is 127. The lowest BCUT2D eigenvalue weighted by molar-refractivity contribution is -0.163. The highest BCUT2D eigenvalue weighted by Gasteiger charge is 2.56. The van der Waals surface area contributed by atoms with E-state index < -0.39 is 11.4 Å². The molecule has 2 saturated heterocycles. The Balaban J connectivity index is 1.43. The van der Waals surface area contributed by atoms with Crippen molar-refractivity contribution >= 4 is 51.3 Å². The Morgan fingerprint density at radius 2 is 2.03 bits per heavy atom. The van der Waals surface area contributed by atoms with Crippen molar-refractivity contribution in [1.82, 2.24) is 19.4 Å². The first kappa shape index (κ1) is 24.5. The van der Waals surface area contributed by atoms with E-state index in [9.17, 15) is 4.79 Å². The van der Waals surface area contributed by atoms with Crippen molar-refractivity contribution < 1.29 is 19.0 Å². The Kier molecular flexibility index (Phi) is 6.30. The van der Waals surface area contributed by atoms with Crippen LogP contribution in [0.3, 0.4) is 0 Å². The largest absolute Gasteiger partial charge is 0.444 e. The Morgan fingerprint density at radius 1 is 1.29 bits per heavy atom. The van der Waals surface area contributed by atoms with Gasteiger partial charge in [0.2, 0.25) is 5.28 Å². The lowest BCUT2D eigenvalue weighted by atomic mass is 9.83. The van der Waals surface area contributed by atoms with E-state index in [-0.39, 0.29) is 35.5 Å². The van der Waals surface area contributed by atoms with Crippen LogP contribution in [0.4, 0.5) is 4.79 Å². The van der Waals surface area contributed by atoms with Gasteiger partial charge in [0, 0.05) is 29.1 Å². The molecule has 1 unspecified atom stereocenters. The number of aromatic nitrogens is 3. The number of carbonyl (C=O) groups is 1. The molecule has 1 amide bonds. The summed E-state index contributed by atoms with van der Waals surface area (Å²) in [6, 6.07) is 0.0608. The van der Waals surface area contributed by atoms with Gasteiger partial charge in [-0.05, 0) is 99.9 Å². The van der Waals surface area contributed by atoms with Gasteiger partial charge in [0.25, 0.3) is 0 Å². The van der Waals surface area contributed by atoms with Crippen LogP contribution in [0.5, 0.6) is 0 Å². The number of rotatable bonds is 2. The van der Waals surface area contributed by atoms with E-state index in [0.29, 0.717) is 12.5 Å². The van der Waals surface area contributed by atoms with Gasteiger partial charge in [-0.2, -0.15) is 4.98 Å². The van der Waals surface area contributed by atoms with Gasteiger partial charge >= 0.3 is 6.09 Å². The SMILES string of the molecule is CC(C)(C)OC(=O)N1CCCC([C@H]2C[C@@H](n3cc(I)c4cnc(Cl)nc43)[C@@H]3OC(C)(C)O[C@@H]32)C1. The van der Waals surface area contributed by atoms with Gasteiger partial charge in [-0.25, -0.2) is 9.78 Å². The molecule has 1 aliphatic carbocycles. The average Bonchev–Trinajstić information content (AvgIpc) is 3.34. The Bertz CT molecular complexity index is 1100. The second-order valence-electron chi connectivity index (χ2n) is 11.1. The highest BCUT2D eigenvalue weighted by molar-refractivity contribution is 14.1. The van der Waals surface area contributed by atoms with E-state index in [4.69, 9.17) is 25.8 Å². The minimum atomic E-state index is -0.658. The lowest BCUT2D eigenvalue weighted by Crippen LogP contribution is -2.46. The van der Waals surface area contributed by atoms with Crippen LogP contribution in [0.15, 0.2) is 12.4 Å². The third-order valence-corrected chi connectivity index (χ3v) is 8.09. The maximum atomic E-state index is 12.8. The normalized spacial score (nSPS) is 31.1. The Labute approximate surface area is 218 Å². The molecule has 2 aliphatic heterocycles. The van der Waals surface area contributed by atoms with E-state index in [1.165, 1.54) is 0 Å². The summed E-state index contributed by atoms with van der Waals surface area (Å²) in [7, 11) is 0. The number of fused-ring (bicyclic) bond motifs is 2. The summed E-state index contributed by atoms with van der Waals surface area (Å²) in [5, 5.41) is 1.22. The first-order chi connectivity index (χ1) is 15.9. The molecule has 0 bridgehead atoms. The molecule has 0 radical (unpaired) electrons. The minimum Gasteiger partial charge on any atom is -0.444 e. The van der Waals surface area contributed by atoms with Crippen LogP contribution in [0.1, 0.15) is 59.9 Å². The van der Waals surface area contributed by atoms with Crippen LogP contribution in [0.2, 0.25) is 5.28 Å². The summed E-state index contributed by atoms with van der Waals surface area (Å²) in [5.41, 5.74) is 0.316. The number of amides is 1. The Morgan fingerprint density at radius 3 is 2.76 bits per heavy atom. The number of hydrogen-bond acceptors (Lipinski definition) is 6. The number of ether oxygens (including phenoxy) is 3. The molecule has 1 saturated carbocycles. The van der Waals surface area contributed by atoms with Crippen LogP contribution >= 0.6 is 34.2 Å². The molecule has 3 fully saturated rings. The molecule has 0 spiro atoms. The molecule has 2 aromatic heterocycles. The Hall–Kier alpha value is -1.17. The van der Waals surface area contributed by atoms with Gasteiger partial charge in [-0.15, -0.1) is 0 Å². The van der Waals surface area contributed by atoms with Crippen molar-refractivity contribution in [2.24, 2.45) is 11.8 Å². The first-order valence-electron chi connectivity index (χ1n) is 11.9. The molecule has 5 atom stereocenters. The summed E-state index contributed by atoms with van der Waals surface area (Å²) in [5.74, 6) is -0.0843. The zero-order chi connectivity index (χ0) is 24.4. The third-order valence-electron chi connectivity index (χ3n) is 7.04. The average molecular weight is 603 g/mol. The summed E-state index contributed by atoms with van der Waals surface area (Å²) in [6.07, 6.45) is 6.42. The summed E-state index contributed by atoms with van der Waals surface area (Å²) >= 11 is 8.48. The second-order valence-corrected chi connectivity index (χ2v) is 12.6. The van der Waals surface area contributed by atoms with Crippen LogP contribution in [-0.4, -0.2) is 62.2 Å². The highest BCUT2D eigenvalue weighted by Crippen LogP contribution is 2.51. The second kappa shape index (κ2) is 8.74. The van der Waals surface area contributed by atoms with E-state index in [0.717, 1.165) is 40.4 Å². The molecule has 186 valence electrons. The van der Waals surface area contributed by atoms with Gasteiger partial charge in [0.05, 0.1) is 17.5 Å². The fraction of sp³-hybridized carbons (Fsp3) is 0.708. The number of likely N-dealkylation sites (tertiary alicyclic amines) is 1. The smallest absolute Gasteiger partial charge is 0.410 e. The topological polar surface area (TPSA) is 78.7 Å². The van der Waals surface area contributed by atoms with Crippen molar-refractivity contribution in [1.29, 1.82) is 0 Å². The monoisotopic (exact) mass is 602 g/mol. The number of hydrogen-bond donors (Lipinski definition) is 0. The number of nitrogens with zero attached hydrogens (tertiary/aromatic N) is 4. The van der Waals surface area contributed by atoms with Gasteiger partial charge in [0.15, 0.2) is 5.79 Å². The van der Waals surface area contributed by atoms with Crippen LogP contribution in [0.25, 0.3) is 11.0 Å². The van der Waals surface area contributed by atoms with Crippen LogP contribution in [-0.2, 0) is 14.2 Å². The zero-order valence-corrected chi connectivity index (χ0v) is 23.2. The van der Waals surface area contributed by atoms with E-state index in [1.54, 1.807) is 6.20 Å². The molecule has 0 aromatic carbocycles. The number of halogens is 2. The molecule has 0 N–H and O–H groups in total. The number of piperidine rings is 1. The van der Waals surface area contributed by atoms with Gasteiger partial charge in [-0.3, -0.25) is 0 Å². The van der Waals surface area contributed by atoms with Gasteiger partial charge < -0.3 is 23.7 Å². The molecule has 10 heteroatoms. The molecule has 3 aliphatic rings. The predicted molar refractivity (Wildman–Crippen MR) is 137 cm³/mol. The molecule has 34 heavy (non-hydrogen) atoms. The van der Waals surface area contributed by atoms with Crippen molar-refractivity contribution in [3.05, 3.63) is 21.2 Å². The zero-order valence-electron chi connectivity index (χ0n) is 20.3. The van der Waals surface area contributed by atoms with E-state index in [1.807, 2.05) is 39.5 Å². The van der Waals surface area contributed by atoms with Gasteiger partial charge in [-0.1, -0.05) is 0 Å². The minimum absolute atomic E-state index is 0.0454. The standard InChI is InChI=1S/C24H32ClIN4O4/c1-23(2,3)34-22(31)29-8-6-7-13(11-29)14-9-17(19-18(14)32-24(4,5)33-19)30-12-16(26)15-10-27-21(25)28-20(15)30/h10,12-14,17-19H,6-9,11H2,1-5H3/t13?,14-,17-,18-,19+/m1/s1. The molecule has 5 rings (SSSR count). The molecular formula is C24H32ClIN4O4. The molecule has 8 nitrogen and oxygen atoms in total. The summed E-state index contributed by atoms with van der Waals surface area (Å²) < 4.78 is 21.9. The summed E-state index contributed by atoms with van der Waals surface area (Å²) in [4.78, 5) is 23.4. The quantitative estimate of drug-likeness (QED) is 0.338.